The molecule has 2 aliphatic rings. The Labute approximate surface area is 270 Å². The molecule has 0 unspecified atom stereocenters. The Morgan fingerprint density at radius 3 is 2.19 bits per heavy atom. The van der Waals surface area contributed by atoms with Gasteiger partial charge in [0.1, 0.15) is 0 Å². The zero-order valence-corrected chi connectivity index (χ0v) is 27.1. The van der Waals surface area contributed by atoms with Gasteiger partial charge in [0.2, 0.25) is 11.8 Å². The van der Waals surface area contributed by atoms with E-state index in [1.54, 1.807) is 6.08 Å². The minimum absolute atomic E-state index is 0.0351. The smallest absolute Gasteiger partial charge is 0.244 e. The first-order chi connectivity index (χ1) is 21.0. The number of amides is 2. The van der Waals surface area contributed by atoms with E-state index in [1.165, 1.54) is 46.8 Å². The number of rotatable bonds is 11. The van der Waals surface area contributed by atoms with Gasteiger partial charge < -0.3 is 15.5 Å². The van der Waals surface area contributed by atoms with Crippen LogP contribution >= 0.6 is 22.6 Å². The molecule has 0 spiro atoms. The van der Waals surface area contributed by atoms with Gasteiger partial charge in [-0.3, -0.25) is 9.59 Å². The van der Waals surface area contributed by atoms with Gasteiger partial charge in [-0.25, -0.2) is 0 Å². The summed E-state index contributed by atoms with van der Waals surface area (Å²) in [6, 6.07) is 29.0. The summed E-state index contributed by atoms with van der Waals surface area (Å²) in [6.07, 6.45) is 12.7. The van der Waals surface area contributed by atoms with E-state index in [2.05, 4.69) is 86.7 Å². The highest BCUT2D eigenvalue weighted by Crippen LogP contribution is 2.30. The zero-order chi connectivity index (χ0) is 29.9. The molecule has 1 aliphatic heterocycles. The number of nitrogens with zero attached hydrogens (tertiary/aromatic N) is 1. The van der Waals surface area contributed by atoms with Crippen molar-refractivity contribution >= 4 is 40.5 Å². The maximum absolute atomic E-state index is 14.1. The highest BCUT2D eigenvalue weighted by Gasteiger charge is 2.33. The monoisotopic (exact) mass is 689 g/mol. The summed E-state index contributed by atoms with van der Waals surface area (Å²) in [5, 5.41) is 6.78. The first-order valence-corrected chi connectivity index (χ1v) is 17.0. The van der Waals surface area contributed by atoms with Crippen LogP contribution in [0.3, 0.4) is 0 Å². The average molecular weight is 690 g/mol. The fraction of sp³-hybridized carbons (Fsp3) is 0.405. The standard InChI is InChI=1S/C37H44IN3O2/c38-32-20-16-29(17-21-32)19-23-36(42)39-26-33-24-25-41(37(43)35(40-33)22-18-28-10-4-1-5-11-28)27-34(30-12-6-2-7-13-30)31-14-8-3-9-15-31/h2-3,6-9,12-17,19-21,23,28,33-35,40H,1,4-5,10-11,18,22,24-27H2,(H,39,42)/b23-19+/t33-,35-/m0/s1. The van der Waals surface area contributed by atoms with Crippen molar-refractivity contribution in [2.75, 3.05) is 19.6 Å². The van der Waals surface area contributed by atoms with E-state index in [9.17, 15) is 9.59 Å². The quantitative estimate of drug-likeness (QED) is 0.166. The Kier molecular flexibility index (Phi) is 11.9. The molecule has 3 aromatic rings. The van der Waals surface area contributed by atoms with Crippen molar-refractivity contribution in [2.24, 2.45) is 5.92 Å². The predicted octanol–water partition coefficient (Wildman–Crippen LogP) is 7.17. The summed E-state index contributed by atoms with van der Waals surface area (Å²) in [5.41, 5.74) is 3.45. The van der Waals surface area contributed by atoms with Gasteiger partial charge in [-0.1, -0.05) is 105 Å². The maximum Gasteiger partial charge on any atom is 0.244 e. The molecule has 1 saturated carbocycles. The van der Waals surface area contributed by atoms with Crippen LogP contribution in [0.15, 0.2) is 91.0 Å². The summed E-state index contributed by atoms with van der Waals surface area (Å²) in [6.45, 7) is 1.81. The topological polar surface area (TPSA) is 61.4 Å². The first-order valence-electron chi connectivity index (χ1n) is 15.9. The van der Waals surface area contributed by atoms with Crippen LogP contribution < -0.4 is 10.6 Å². The molecule has 43 heavy (non-hydrogen) atoms. The second-order valence-corrected chi connectivity index (χ2v) is 13.3. The largest absolute Gasteiger partial charge is 0.351 e. The van der Waals surface area contributed by atoms with Crippen LogP contribution in [0.1, 0.15) is 74.0 Å². The van der Waals surface area contributed by atoms with E-state index < -0.39 is 0 Å². The van der Waals surface area contributed by atoms with Crippen molar-refractivity contribution in [1.82, 2.24) is 15.5 Å². The Balaban J connectivity index is 1.28. The second-order valence-electron chi connectivity index (χ2n) is 12.1. The third-order valence-electron chi connectivity index (χ3n) is 9.01. The molecule has 2 atom stereocenters. The number of nitrogens with one attached hydrogen (secondary N) is 2. The lowest BCUT2D eigenvalue weighted by Crippen LogP contribution is -2.49. The number of carbonyl (C=O) groups is 2. The van der Waals surface area contributed by atoms with Crippen LogP contribution in [-0.4, -0.2) is 48.4 Å². The van der Waals surface area contributed by atoms with Gasteiger partial charge in [0.25, 0.3) is 0 Å². The Morgan fingerprint density at radius 1 is 0.884 bits per heavy atom. The fourth-order valence-electron chi connectivity index (χ4n) is 6.53. The molecular weight excluding hydrogens is 645 g/mol. The van der Waals surface area contributed by atoms with Gasteiger partial charge in [-0.2, -0.15) is 0 Å². The van der Waals surface area contributed by atoms with E-state index in [-0.39, 0.29) is 29.8 Å². The van der Waals surface area contributed by atoms with Crippen molar-refractivity contribution in [2.45, 2.75) is 69.4 Å². The van der Waals surface area contributed by atoms with Crippen molar-refractivity contribution < 1.29 is 9.59 Å². The summed E-state index contributed by atoms with van der Waals surface area (Å²) < 4.78 is 1.17. The molecule has 1 aliphatic carbocycles. The molecule has 3 aromatic carbocycles. The molecule has 226 valence electrons. The number of hydrogen-bond acceptors (Lipinski definition) is 3. The molecule has 5 rings (SSSR count). The van der Waals surface area contributed by atoms with Crippen LogP contribution in [0.4, 0.5) is 0 Å². The van der Waals surface area contributed by atoms with E-state index >= 15 is 0 Å². The summed E-state index contributed by atoms with van der Waals surface area (Å²) >= 11 is 2.28. The van der Waals surface area contributed by atoms with Gasteiger partial charge in [0, 0.05) is 41.2 Å². The third-order valence-corrected chi connectivity index (χ3v) is 9.73. The lowest BCUT2D eigenvalue weighted by atomic mass is 9.85. The SMILES string of the molecule is O=C(/C=C/c1ccc(I)cc1)NC[C@@H]1CCN(CC(c2ccccc2)c2ccccc2)C(=O)[C@H](CCC2CCCCC2)N1. The molecule has 6 heteroatoms. The van der Waals surface area contributed by atoms with Gasteiger partial charge in [-0.05, 0) is 82.7 Å². The first kappa shape index (κ1) is 31.5. The number of hydrogen-bond donors (Lipinski definition) is 2. The average Bonchev–Trinajstić information content (AvgIpc) is 3.20. The van der Waals surface area contributed by atoms with Crippen molar-refractivity contribution in [1.29, 1.82) is 0 Å². The number of carbonyl (C=O) groups excluding carboxylic acids is 2. The molecular formula is C37H44IN3O2. The fourth-order valence-corrected chi connectivity index (χ4v) is 6.89. The summed E-state index contributed by atoms with van der Waals surface area (Å²) in [4.78, 5) is 28.9. The van der Waals surface area contributed by atoms with E-state index in [0.717, 1.165) is 24.8 Å². The van der Waals surface area contributed by atoms with E-state index in [0.29, 0.717) is 25.6 Å². The van der Waals surface area contributed by atoms with Crippen LogP contribution in [0.5, 0.6) is 0 Å². The van der Waals surface area contributed by atoms with Gasteiger partial charge in [-0.15, -0.1) is 0 Å². The molecule has 1 heterocycles. The maximum atomic E-state index is 14.1. The molecule has 0 bridgehead atoms. The predicted molar refractivity (Wildman–Crippen MR) is 184 cm³/mol. The minimum Gasteiger partial charge on any atom is -0.351 e. The van der Waals surface area contributed by atoms with Crippen LogP contribution in [0.2, 0.25) is 0 Å². The molecule has 0 aromatic heterocycles. The lowest BCUT2D eigenvalue weighted by Gasteiger charge is -2.30. The highest BCUT2D eigenvalue weighted by molar-refractivity contribution is 14.1. The van der Waals surface area contributed by atoms with Crippen LogP contribution in [0.25, 0.3) is 6.08 Å². The highest BCUT2D eigenvalue weighted by atomic mass is 127. The Bertz CT molecular complexity index is 1280. The van der Waals surface area contributed by atoms with Crippen molar-refractivity contribution in [3.8, 4) is 0 Å². The zero-order valence-electron chi connectivity index (χ0n) is 25.0. The van der Waals surface area contributed by atoms with E-state index in [4.69, 9.17) is 0 Å². The van der Waals surface area contributed by atoms with Crippen molar-refractivity contribution in [3.63, 3.8) is 0 Å². The summed E-state index contributed by atoms with van der Waals surface area (Å²) in [7, 11) is 0. The van der Waals surface area contributed by atoms with E-state index in [1.807, 2.05) is 42.5 Å². The van der Waals surface area contributed by atoms with Crippen LogP contribution in [0, 0.1) is 9.49 Å². The minimum atomic E-state index is -0.235. The lowest BCUT2D eigenvalue weighted by molar-refractivity contribution is -0.133. The Morgan fingerprint density at radius 2 is 1.53 bits per heavy atom. The number of halogens is 1. The summed E-state index contributed by atoms with van der Waals surface area (Å²) in [5.74, 6) is 0.902. The van der Waals surface area contributed by atoms with Gasteiger partial charge >= 0.3 is 0 Å². The molecule has 1 saturated heterocycles. The van der Waals surface area contributed by atoms with Gasteiger partial charge in [0.05, 0.1) is 6.04 Å². The number of benzene rings is 3. The molecule has 2 fully saturated rings. The third kappa shape index (κ3) is 9.51. The molecule has 2 amide bonds. The molecule has 2 N–H and O–H groups in total. The normalized spacial score (nSPS) is 20.0. The Hall–Kier alpha value is -2.97. The molecule has 0 radical (unpaired) electrons. The van der Waals surface area contributed by atoms with Crippen molar-refractivity contribution in [3.05, 3.63) is 111 Å². The van der Waals surface area contributed by atoms with Gasteiger partial charge in [0.15, 0.2) is 0 Å². The molecule has 5 nitrogen and oxygen atoms in total. The second kappa shape index (κ2) is 16.2. The van der Waals surface area contributed by atoms with Crippen LogP contribution in [-0.2, 0) is 9.59 Å².